The SMILES string of the molecule is CCCCC/C=C\C/C=C\CCCCCCCCNC(CCN)CCCCC(CCN)NCCCCCCCC/C=C\C/C=C\CCCCC. The summed E-state index contributed by atoms with van der Waals surface area (Å²) in [6, 6.07) is 1.16. The van der Waals surface area contributed by atoms with Crippen molar-refractivity contribution in [1.29, 1.82) is 0 Å². The van der Waals surface area contributed by atoms with E-state index in [0.717, 1.165) is 51.9 Å². The fourth-order valence-corrected chi connectivity index (χ4v) is 6.72. The molecule has 2 unspecified atom stereocenters. The van der Waals surface area contributed by atoms with E-state index in [0.29, 0.717) is 12.1 Å². The average Bonchev–Trinajstić information content (AvgIpc) is 3.12. The molecule has 0 bridgehead atoms. The van der Waals surface area contributed by atoms with Crippen molar-refractivity contribution in [3.63, 3.8) is 0 Å². The van der Waals surface area contributed by atoms with Crippen molar-refractivity contribution in [3.05, 3.63) is 48.6 Å². The van der Waals surface area contributed by atoms with Gasteiger partial charge in [-0.2, -0.15) is 0 Å². The minimum atomic E-state index is 0.581. The van der Waals surface area contributed by atoms with Gasteiger partial charge in [0.15, 0.2) is 0 Å². The molecule has 0 aliphatic carbocycles. The topological polar surface area (TPSA) is 76.1 Å². The van der Waals surface area contributed by atoms with Crippen molar-refractivity contribution in [2.24, 2.45) is 11.5 Å². The Hall–Kier alpha value is -1.20. The Balaban J connectivity index is 3.74. The molecule has 294 valence electrons. The highest BCUT2D eigenvalue weighted by Gasteiger charge is 2.10. The van der Waals surface area contributed by atoms with Crippen LogP contribution in [0.25, 0.3) is 0 Å². The summed E-state index contributed by atoms with van der Waals surface area (Å²) in [6.07, 6.45) is 57.5. The predicted octanol–water partition coefficient (Wildman–Crippen LogP) is 12.8. The molecular weight excluding hydrogens is 609 g/mol. The molecule has 4 nitrogen and oxygen atoms in total. The highest BCUT2D eigenvalue weighted by Crippen LogP contribution is 2.13. The number of nitrogens with one attached hydrogen (secondary N) is 2. The number of hydrogen-bond donors (Lipinski definition) is 4. The van der Waals surface area contributed by atoms with Crippen LogP contribution in [0, 0.1) is 0 Å². The first-order valence-electron chi connectivity index (χ1n) is 22.2. The van der Waals surface area contributed by atoms with Crippen molar-refractivity contribution in [3.8, 4) is 0 Å². The highest BCUT2D eigenvalue weighted by molar-refractivity contribution is 4.93. The van der Waals surface area contributed by atoms with E-state index in [1.807, 2.05) is 0 Å². The average molecular weight is 699 g/mol. The maximum absolute atomic E-state index is 5.97. The molecule has 0 spiro atoms. The Morgan fingerprint density at radius 2 is 0.680 bits per heavy atom. The zero-order chi connectivity index (χ0) is 36.3. The molecule has 0 fully saturated rings. The fourth-order valence-electron chi connectivity index (χ4n) is 6.72. The lowest BCUT2D eigenvalue weighted by molar-refractivity contribution is 0.398. The van der Waals surface area contributed by atoms with Crippen LogP contribution in [-0.4, -0.2) is 38.3 Å². The molecule has 4 heteroatoms. The normalized spacial score (nSPS) is 13.6. The Bertz CT molecular complexity index is 680. The van der Waals surface area contributed by atoms with Crippen LogP contribution in [-0.2, 0) is 0 Å². The third-order valence-electron chi connectivity index (χ3n) is 10.0. The van der Waals surface area contributed by atoms with Crippen molar-refractivity contribution in [1.82, 2.24) is 10.6 Å². The van der Waals surface area contributed by atoms with Crippen molar-refractivity contribution < 1.29 is 0 Å². The van der Waals surface area contributed by atoms with Crippen LogP contribution < -0.4 is 22.1 Å². The molecule has 0 aromatic carbocycles. The quantitative estimate of drug-likeness (QED) is 0.0379. The number of nitrogens with two attached hydrogens (primary N) is 2. The summed E-state index contributed by atoms with van der Waals surface area (Å²) in [6.45, 7) is 8.39. The van der Waals surface area contributed by atoms with Crippen LogP contribution in [0.1, 0.15) is 206 Å². The monoisotopic (exact) mass is 699 g/mol. The molecule has 0 aromatic heterocycles. The van der Waals surface area contributed by atoms with Gasteiger partial charge in [-0.3, -0.25) is 0 Å². The molecule has 0 radical (unpaired) electrons. The van der Waals surface area contributed by atoms with E-state index >= 15 is 0 Å². The van der Waals surface area contributed by atoms with Gasteiger partial charge < -0.3 is 22.1 Å². The summed E-state index contributed by atoms with van der Waals surface area (Å²) in [5.74, 6) is 0. The summed E-state index contributed by atoms with van der Waals surface area (Å²) < 4.78 is 0. The molecule has 0 saturated carbocycles. The summed E-state index contributed by atoms with van der Waals surface area (Å²) in [7, 11) is 0. The third kappa shape index (κ3) is 39.6. The first-order valence-corrected chi connectivity index (χ1v) is 22.2. The summed E-state index contributed by atoms with van der Waals surface area (Å²) in [5.41, 5.74) is 11.9. The lowest BCUT2D eigenvalue weighted by Crippen LogP contribution is -2.33. The minimum Gasteiger partial charge on any atom is -0.330 e. The van der Waals surface area contributed by atoms with Crippen molar-refractivity contribution >= 4 is 0 Å². The van der Waals surface area contributed by atoms with Gasteiger partial charge in [0, 0.05) is 12.1 Å². The second kappa shape index (κ2) is 44.0. The molecule has 0 aromatic rings. The predicted molar refractivity (Wildman–Crippen MR) is 228 cm³/mol. The molecule has 0 aliphatic rings. The van der Waals surface area contributed by atoms with Crippen molar-refractivity contribution in [2.75, 3.05) is 26.2 Å². The first-order chi connectivity index (χ1) is 24.8. The third-order valence-corrected chi connectivity index (χ3v) is 10.0. The van der Waals surface area contributed by atoms with Crippen LogP contribution in [0.5, 0.6) is 0 Å². The Labute approximate surface area is 314 Å². The number of rotatable bonds is 41. The van der Waals surface area contributed by atoms with Crippen LogP contribution >= 0.6 is 0 Å². The van der Waals surface area contributed by atoms with Crippen LogP contribution in [0.4, 0.5) is 0 Å². The van der Waals surface area contributed by atoms with Gasteiger partial charge in [-0.15, -0.1) is 0 Å². The van der Waals surface area contributed by atoms with Crippen molar-refractivity contribution in [2.45, 2.75) is 219 Å². The van der Waals surface area contributed by atoms with Gasteiger partial charge in [0.05, 0.1) is 0 Å². The minimum absolute atomic E-state index is 0.581. The van der Waals surface area contributed by atoms with Gasteiger partial charge in [-0.1, -0.05) is 152 Å². The lowest BCUT2D eigenvalue weighted by Gasteiger charge is -2.20. The highest BCUT2D eigenvalue weighted by atomic mass is 14.9. The number of allylic oxidation sites excluding steroid dienone is 8. The molecule has 50 heavy (non-hydrogen) atoms. The van der Waals surface area contributed by atoms with Gasteiger partial charge in [-0.25, -0.2) is 0 Å². The standard InChI is InChI=1S/C46H90N4/c1-3-5-7-9-11-13-15-17-19-21-23-25-27-29-31-35-43-49-45(39-41-47)37-33-34-38-46(40-42-48)50-44-36-32-30-28-26-24-22-20-18-16-14-12-10-8-6-4-2/h11-14,17-20,45-46,49-50H,3-10,15-16,21-44,47-48H2,1-2H3/b13-11-,14-12-,19-17-,20-18-. The lowest BCUT2D eigenvalue weighted by atomic mass is 10.0. The van der Waals surface area contributed by atoms with Crippen LogP contribution in [0.15, 0.2) is 48.6 Å². The van der Waals surface area contributed by atoms with E-state index in [4.69, 9.17) is 11.5 Å². The van der Waals surface area contributed by atoms with E-state index in [1.54, 1.807) is 0 Å². The molecule has 0 heterocycles. The molecule has 2 atom stereocenters. The molecule has 0 saturated heterocycles. The summed E-state index contributed by atoms with van der Waals surface area (Å²) in [5, 5.41) is 7.67. The van der Waals surface area contributed by atoms with Crippen LogP contribution in [0.3, 0.4) is 0 Å². The van der Waals surface area contributed by atoms with Gasteiger partial charge in [-0.05, 0) is 129 Å². The van der Waals surface area contributed by atoms with Gasteiger partial charge in [0.25, 0.3) is 0 Å². The maximum atomic E-state index is 5.97. The zero-order valence-electron chi connectivity index (χ0n) is 34.0. The second-order valence-corrected chi connectivity index (χ2v) is 14.9. The van der Waals surface area contributed by atoms with E-state index in [-0.39, 0.29) is 0 Å². The Morgan fingerprint density at radius 3 is 1.02 bits per heavy atom. The molecule has 0 amide bonds. The largest absolute Gasteiger partial charge is 0.330 e. The fraction of sp³-hybridized carbons (Fsp3) is 0.826. The smallest absolute Gasteiger partial charge is 0.00790 e. The molecular formula is C46H90N4. The zero-order valence-corrected chi connectivity index (χ0v) is 34.0. The molecule has 0 rings (SSSR count). The van der Waals surface area contributed by atoms with Gasteiger partial charge >= 0.3 is 0 Å². The van der Waals surface area contributed by atoms with Gasteiger partial charge in [0.2, 0.25) is 0 Å². The van der Waals surface area contributed by atoms with E-state index in [1.165, 1.54) is 167 Å². The summed E-state index contributed by atoms with van der Waals surface area (Å²) >= 11 is 0. The second-order valence-electron chi connectivity index (χ2n) is 14.9. The Kier molecular flexibility index (Phi) is 42.9. The van der Waals surface area contributed by atoms with E-state index in [2.05, 4.69) is 73.1 Å². The first kappa shape index (κ1) is 48.8. The number of hydrogen-bond acceptors (Lipinski definition) is 4. The van der Waals surface area contributed by atoms with Gasteiger partial charge in [0.1, 0.15) is 0 Å². The maximum Gasteiger partial charge on any atom is 0.00790 e. The molecule has 6 N–H and O–H groups in total. The van der Waals surface area contributed by atoms with E-state index < -0.39 is 0 Å². The number of unbranched alkanes of at least 4 members (excludes halogenated alkanes) is 19. The van der Waals surface area contributed by atoms with E-state index in [9.17, 15) is 0 Å². The van der Waals surface area contributed by atoms with Crippen LogP contribution in [0.2, 0.25) is 0 Å². The Morgan fingerprint density at radius 1 is 0.360 bits per heavy atom. The molecule has 0 aliphatic heterocycles. The summed E-state index contributed by atoms with van der Waals surface area (Å²) in [4.78, 5) is 0.